The minimum Gasteiger partial charge on any atom is -0.357 e. The highest BCUT2D eigenvalue weighted by Gasteiger charge is 1.98. The molecule has 4 nitrogen and oxygen atoms in total. The lowest BCUT2D eigenvalue weighted by atomic mass is 10.3. The van der Waals surface area contributed by atoms with Gasteiger partial charge in [0.1, 0.15) is 4.34 Å². The number of aromatic nitrogens is 1. The van der Waals surface area contributed by atoms with E-state index in [1.165, 1.54) is 18.6 Å². The van der Waals surface area contributed by atoms with Crippen LogP contribution in [-0.2, 0) is 0 Å². The van der Waals surface area contributed by atoms with Gasteiger partial charge in [-0.15, -0.1) is 35.3 Å². The smallest absolute Gasteiger partial charge is 0.191 e. The molecule has 0 atom stereocenters. The first kappa shape index (κ1) is 22.3. The van der Waals surface area contributed by atoms with E-state index in [-0.39, 0.29) is 24.0 Å². The number of unbranched alkanes of at least 4 members (excludes halogenated alkanes) is 1. The van der Waals surface area contributed by atoms with E-state index in [0.29, 0.717) is 0 Å². The Morgan fingerprint density at radius 3 is 2.82 bits per heavy atom. The molecule has 0 unspecified atom stereocenters. The summed E-state index contributed by atoms with van der Waals surface area (Å²) in [4.78, 5) is 8.87. The number of hydrogen-bond donors (Lipinski definition) is 2. The van der Waals surface area contributed by atoms with Crippen molar-refractivity contribution in [2.75, 3.05) is 37.4 Å². The fourth-order valence-electron chi connectivity index (χ4n) is 1.62. The van der Waals surface area contributed by atoms with Crippen LogP contribution in [0.25, 0.3) is 0 Å². The first-order valence-corrected chi connectivity index (χ1v) is 10.7. The van der Waals surface area contributed by atoms with Crippen molar-refractivity contribution in [2.45, 2.75) is 30.5 Å². The van der Waals surface area contributed by atoms with Crippen LogP contribution in [0.3, 0.4) is 0 Å². The molecular weight excluding hydrogens is 447 g/mol. The first-order chi connectivity index (χ1) is 10.4. The summed E-state index contributed by atoms with van der Waals surface area (Å²) in [7, 11) is 0. The van der Waals surface area contributed by atoms with Crippen LogP contribution in [-0.4, -0.2) is 48.3 Å². The summed E-state index contributed by atoms with van der Waals surface area (Å²) in [6.07, 6.45) is 7.55. The minimum atomic E-state index is 0. The summed E-state index contributed by atoms with van der Waals surface area (Å²) >= 11 is 5.43. The van der Waals surface area contributed by atoms with Crippen molar-refractivity contribution in [1.82, 2.24) is 15.6 Å². The Morgan fingerprint density at radius 2 is 2.14 bits per heavy atom. The van der Waals surface area contributed by atoms with Crippen molar-refractivity contribution in [1.29, 1.82) is 0 Å². The minimum absolute atomic E-state index is 0. The summed E-state index contributed by atoms with van der Waals surface area (Å²) in [5, 5.41) is 8.71. The van der Waals surface area contributed by atoms with Gasteiger partial charge in [0.2, 0.25) is 0 Å². The van der Waals surface area contributed by atoms with Crippen LogP contribution in [0.5, 0.6) is 0 Å². The Bertz CT molecular complexity index is 374. The van der Waals surface area contributed by atoms with Crippen molar-refractivity contribution in [3.8, 4) is 0 Å². The molecule has 0 spiro atoms. The molecule has 1 aromatic rings. The van der Waals surface area contributed by atoms with Crippen molar-refractivity contribution in [2.24, 2.45) is 4.99 Å². The van der Waals surface area contributed by atoms with E-state index in [1.807, 2.05) is 35.1 Å². The van der Waals surface area contributed by atoms with Gasteiger partial charge in [-0.2, -0.15) is 11.8 Å². The third kappa shape index (κ3) is 11.8. The van der Waals surface area contributed by atoms with Crippen molar-refractivity contribution in [3.63, 3.8) is 0 Å². The molecule has 128 valence electrons. The largest absolute Gasteiger partial charge is 0.357 e. The second kappa shape index (κ2) is 16.2. The molecule has 0 saturated carbocycles. The van der Waals surface area contributed by atoms with Crippen LogP contribution in [0, 0.1) is 0 Å². The lowest BCUT2D eigenvalue weighted by Gasteiger charge is -2.10. The highest BCUT2D eigenvalue weighted by Crippen LogP contribution is 2.20. The van der Waals surface area contributed by atoms with Gasteiger partial charge >= 0.3 is 0 Å². The Morgan fingerprint density at radius 1 is 1.27 bits per heavy atom. The molecule has 1 rings (SSSR count). The van der Waals surface area contributed by atoms with Crippen molar-refractivity contribution >= 4 is 64.8 Å². The molecular formula is C14H27IN4S3. The maximum absolute atomic E-state index is 4.61. The van der Waals surface area contributed by atoms with E-state index in [0.717, 1.165) is 42.1 Å². The number of rotatable bonds is 11. The normalized spacial score (nSPS) is 11.1. The SMILES string of the molecule is CCNC(=NCCCSc1nccs1)NCCCCSC.I. The van der Waals surface area contributed by atoms with Gasteiger partial charge in [0.05, 0.1) is 0 Å². The predicted octanol–water partition coefficient (Wildman–Crippen LogP) is 3.94. The van der Waals surface area contributed by atoms with Gasteiger partial charge in [-0.05, 0) is 38.2 Å². The maximum atomic E-state index is 4.61. The molecule has 2 N–H and O–H groups in total. The van der Waals surface area contributed by atoms with E-state index in [4.69, 9.17) is 0 Å². The molecule has 1 aromatic heterocycles. The number of halogens is 1. The van der Waals surface area contributed by atoms with E-state index in [2.05, 4.69) is 33.8 Å². The summed E-state index contributed by atoms with van der Waals surface area (Å²) in [6.45, 7) is 4.87. The van der Waals surface area contributed by atoms with Gasteiger partial charge in [0, 0.05) is 37.0 Å². The van der Waals surface area contributed by atoms with E-state index in [1.54, 1.807) is 11.3 Å². The van der Waals surface area contributed by atoms with Gasteiger partial charge in [-0.3, -0.25) is 4.99 Å². The Balaban J connectivity index is 0.00000441. The van der Waals surface area contributed by atoms with Gasteiger partial charge in [-0.25, -0.2) is 4.98 Å². The molecule has 0 fully saturated rings. The standard InChI is InChI=1S/C14H26N4S3.HI/c1-3-15-13(16-7-4-5-10-19-2)17-8-6-11-20-14-18-9-12-21-14;/h9,12H,3-8,10-11H2,1-2H3,(H2,15,16,17);1H. The second-order valence-electron chi connectivity index (χ2n) is 4.39. The fourth-order valence-corrected chi connectivity index (χ4v) is 3.74. The Kier molecular flexibility index (Phi) is 16.4. The van der Waals surface area contributed by atoms with Gasteiger partial charge < -0.3 is 10.6 Å². The molecule has 0 radical (unpaired) electrons. The predicted molar refractivity (Wildman–Crippen MR) is 114 cm³/mol. The van der Waals surface area contributed by atoms with Crippen LogP contribution in [0.2, 0.25) is 0 Å². The van der Waals surface area contributed by atoms with Crippen molar-refractivity contribution < 1.29 is 0 Å². The molecule has 0 aliphatic carbocycles. The van der Waals surface area contributed by atoms with E-state index in [9.17, 15) is 0 Å². The fraction of sp³-hybridized carbons (Fsp3) is 0.714. The zero-order valence-electron chi connectivity index (χ0n) is 13.3. The highest BCUT2D eigenvalue weighted by molar-refractivity contribution is 14.0. The number of aliphatic imine (C=N–C) groups is 1. The number of nitrogens with one attached hydrogen (secondary N) is 2. The number of thioether (sulfide) groups is 2. The molecule has 0 aromatic carbocycles. The summed E-state index contributed by atoms with van der Waals surface area (Å²) < 4.78 is 1.15. The van der Waals surface area contributed by atoms with E-state index >= 15 is 0 Å². The molecule has 0 aliphatic rings. The zero-order valence-corrected chi connectivity index (χ0v) is 18.1. The van der Waals surface area contributed by atoms with Crippen LogP contribution in [0.1, 0.15) is 26.2 Å². The van der Waals surface area contributed by atoms with Crippen LogP contribution in [0.15, 0.2) is 20.9 Å². The second-order valence-corrected chi connectivity index (χ2v) is 7.61. The third-order valence-electron chi connectivity index (χ3n) is 2.62. The first-order valence-electron chi connectivity index (χ1n) is 7.40. The lowest BCUT2D eigenvalue weighted by molar-refractivity contribution is 0.733. The third-order valence-corrected chi connectivity index (χ3v) is 5.37. The topological polar surface area (TPSA) is 49.3 Å². The number of hydrogen-bond acceptors (Lipinski definition) is 5. The number of thiazole rings is 1. The van der Waals surface area contributed by atoms with E-state index < -0.39 is 0 Å². The highest BCUT2D eigenvalue weighted by atomic mass is 127. The summed E-state index contributed by atoms with van der Waals surface area (Å²) in [5.41, 5.74) is 0. The summed E-state index contributed by atoms with van der Waals surface area (Å²) in [6, 6.07) is 0. The Labute approximate surface area is 164 Å². The summed E-state index contributed by atoms with van der Waals surface area (Å²) in [5.74, 6) is 3.26. The molecule has 0 aliphatic heterocycles. The molecule has 0 bridgehead atoms. The molecule has 22 heavy (non-hydrogen) atoms. The number of nitrogens with zero attached hydrogens (tertiary/aromatic N) is 2. The quantitative estimate of drug-likeness (QED) is 0.167. The van der Waals surface area contributed by atoms with Crippen LogP contribution in [0.4, 0.5) is 0 Å². The van der Waals surface area contributed by atoms with Gasteiger partial charge in [0.25, 0.3) is 0 Å². The molecule has 1 heterocycles. The van der Waals surface area contributed by atoms with Crippen molar-refractivity contribution in [3.05, 3.63) is 11.6 Å². The maximum Gasteiger partial charge on any atom is 0.191 e. The lowest BCUT2D eigenvalue weighted by Crippen LogP contribution is -2.37. The molecule has 8 heteroatoms. The zero-order chi connectivity index (χ0) is 15.2. The Hall–Kier alpha value is 0.330. The monoisotopic (exact) mass is 474 g/mol. The average Bonchev–Trinajstić information content (AvgIpc) is 3.00. The molecule has 0 saturated heterocycles. The van der Waals surface area contributed by atoms with Gasteiger partial charge in [-0.1, -0.05) is 11.8 Å². The molecule has 0 amide bonds. The van der Waals surface area contributed by atoms with Crippen LogP contribution >= 0.6 is 58.8 Å². The average molecular weight is 475 g/mol. The van der Waals surface area contributed by atoms with Crippen LogP contribution < -0.4 is 10.6 Å². The number of guanidine groups is 1. The van der Waals surface area contributed by atoms with Gasteiger partial charge in [0.15, 0.2) is 5.96 Å².